The molecule has 0 aromatic heterocycles. The van der Waals surface area contributed by atoms with Crippen molar-refractivity contribution in [1.29, 1.82) is 0 Å². The molecule has 2 aromatic rings. The SMILES string of the molecule is COc1ccc(OC[C@@H](C)NC(=O)CSc2ccc(C)cc2)cc1. The van der Waals surface area contributed by atoms with Crippen LogP contribution in [0.2, 0.25) is 0 Å². The highest BCUT2D eigenvalue weighted by Gasteiger charge is 2.09. The van der Waals surface area contributed by atoms with Crippen molar-refractivity contribution in [1.82, 2.24) is 5.32 Å². The van der Waals surface area contributed by atoms with Crippen LogP contribution in [0.5, 0.6) is 11.5 Å². The number of hydrogen-bond donors (Lipinski definition) is 1. The zero-order chi connectivity index (χ0) is 17.4. The average molecular weight is 345 g/mol. The molecule has 1 N–H and O–H groups in total. The Morgan fingerprint density at radius 2 is 1.71 bits per heavy atom. The fourth-order valence-electron chi connectivity index (χ4n) is 2.03. The van der Waals surface area contributed by atoms with Crippen LogP contribution in [0, 0.1) is 6.92 Å². The largest absolute Gasteiger partial charge is 0.497 e. The van der Waals surface area contributed by atoms with E-state index in [1.165, 1.54) is 17.3 Å². The normalized spacial score (nSPS) is 11.6. The van der Waals surface area contributed by atoms with Crippen LogP contribution in [-0.2, 0) is 4.79 Å². The first-order valence-corrected chi connectivity index (χ1v) is 8.81. The van der Waals surface area contributed by atoms with Crippen LogP contribution in [0.25, 0.3) is 0 Å². The van der Waals surface area contributed by atoms with Crippen molar-refractivity contribution in [2.45, 2.75) is 24.8 Å². The number of nitrogens with one attached hydrogen (secondary N) is 1. The van der Waals surface area contributed by atoms with E-state index < -0.39 is 0 Å². The maximum atomic E-state index is 12.0. The van der Waals surface area contributed by atoms with Gasteiger partial charge >= 0.3 is 0 Å². The van der Waals surface area contributed by atoms with Gasteiger partial charge < -0.3 is 14.8 Å². The molecule has 0 saturated carbocycles. The molecule has 4 nitrogen and oxygen atoms in total. The van der Waals surface area contributed by atoms with E-state index in [4.69, 9.17) is 9.47 Å². The van der Waals surface area contributed by atoms with Crippen molar-refractivity contribution in [3.8, 4) is 11.5 Å². The van der Waals surface area contributed by atoms with E-state index in [1.54, 1.807) is 7.11 Å². The number of benzene rings is 2. The molecule has 0 aliphatic carbocycles. The van der Waals surface area contributed by atoms with Gasteiger partial charge in [0.2, 0.25) is 5.91 Å². The topological polar surface area (TPSA) is 47.6 Å². The number of amides is 1. The first-order chi connectivity index (χ1) is 11.6. The number of carbonyl (C=O) groups excluding carboxylic acids is 1. The van der Waals surface area contributed by atoms with Gasteiger partial charge in [0.15, 0.2) is 0 Å². The smallest absolute Gasteiger partial charge is 0.230 e. The first-order valence-electron chi connectivity index (χ1n) is 7.82. The van der Waals surface area contributed by atoms with E-state index in [0.717, 1.165) is 16.4 Å². The van der Waals surface area contributed by atoms with Gasteiger partial charge in [-0.05, 0) is 50.2 Å². The Labute approximate surface area is 147 Å². The summed E-state index contributed by atoms with van der Waals surface area (Å²) in [6, 6.07) is 15.5. The molecule has 24 heavy (non-hydrogen) atoms. The van der Waals surface area contributed by atoms with Gasteiger partial charge in [0.1, 0.15) is 18.1 Å². The van der Waals surface area contributed by atoms with Crippen LogP contribution >= 0.6 is 11.8 Å². The van der Waals surface area contributed by atoms with Gasteiger partial charge in [-0.25, -0.2) is 0 Å². The van der Waals surface area contributed by atoms with E-state index in [2.05, 4.69) is 5.32 Å². The lowest BCUT2D eigenvalue weighted by Gasteiger charge is -2.15. The summed E-state index contributed by atoms with van der Waals surface area (Å²) in [5, 5.41) is 2.94. The second-order valence-corrected chi connectivity index (χ2v) is 6.61. The number of aryl methyl sites for hydroxylation is 1. The summed E-state index contributed by atoms with van der Waals surface area (Å²) in [4.78, 5) is 13.1. The number of thioether (sulfide) groups is 1. The Hall–Kier alpha value is -2.14. The molecule has 1 amide bonds. The second-order valence-electron chi connectivity index (χ2n) is 5.56. The molecule has 0 heterocycles. The highest BCUT2D eigenvalue weighted by Crippen LogP contribution is 2.18. The van der Waals surface area contributed by atoms with Gasteiger partial charge in [0.25, 0.3) is 0 Å². The van der Waals surface area contributed by atoms with E-state index >= 15 is 0 Å². The van der Waals surface area contributed by atoms with Gasteiger partial charge in [-0.2, -0.15) is 0 Å². The van der Waals surface area contributed by atoms with E-state index in [-0.39, 0.29) is 11.9 Å². The van der Waals surface area contributed by atoms with Crippen LogP contribution in [0.1, 0.15) is 12.5 Å². The zero-order valence-corrected chi connectivity index (χ0v) is 15.1. The molecule has 0 fully saturated rings. The van der Waals surface area contributed by atoms with E-state index in [0.29, 0.717) is 12.4 Å². The third-order valence-corrected chi connectivity index (χ3v) is 4.37. The molecule has 0 saturated heterocycles. The van der Waals surface area contributed by atoms with Crippen molar-refractivity contribution in [3.63, 3.8) is 0 Å². The van der Waals surface area contributed by atoms with E-state index in [1.807, 2.05) is 62.4 Å². The molecule has 0 unspecified atom stereocenters. The van der Waals surface area contributed by atoms with Crippen LogP contribution < -0.4 is 14.8 Å². The van der Waals surface area contributed by atoms with Crippen molar-refractivity contribution < 1.29 is 14.3 Å². The molecule has 0 aliphatic rings. The fraction of sp³-hybridized carbons (Fsp3) is 0.316. The summed E-state index contributed by atoms with van der Waals surface area (Å²) in [5.74, 6) is 1.95. The number of carbonyl (C=O) groups is 1. The van der Waals surface area contributed by atoms with Gasteiger partial charge in [0, 0.05) is 4.90 Å². The molecular formula is C19H23NO3S. The van der Waals surface area contributed by atoms with Crippen molar-refractivity contribution in [2.24, 2.45) is 0 Å². The molecule has 0 bridgehead atoms. The Morgan fingerprint density at radius 3 is 2.33 bits per heavy atom. The van der Waals surface area contributed by atoms with Gasteiger partial charge in [0.05, 0.1) is 18.9 Å². The van der Waals surface area contributed by atoms with Crippen LogP contribution in [0.3, 0.4) is 0 Å². The summed E-state index contributed by atoms with van der Waals surface area (Å²) in [6.45, 7) is 4.40. The van der Waals surface area contributed by atoms with Crippen molar-refractivity contribution in [2.75, 3.05) is 19.5 Å². The highest BCUT2D eigenvalue weighted by atomic mass is 32.2. The molecule has 0 spiro atoms. The Balaban J connectivity index is 1.69. The Bertz CT molecular complexity index is 641. The highest BCUT2D eigenvalue weighted by molar-refractivity contribution is 8.00. The third kappa shape index (κ3) is 6.16. The molecule has 0 aliphatic heterocycles. The third-order valence-electron chi connectivity index (χ3n) is 3.36. The minimum atomic E-state index is -0.0572. The zero-order valence-electron chi connectivity index (χ0n) is 14.2. The van der Waals surface area contributed by atoms with Gasteiger partial charge in [-0.1, -0.05) is 17.7 Å². The quantitative estimate of drug-likeness (QED) is 0.742. The minimum Gasteiger partial charge on any atom is -0.497 e. The lowest BCUT2D eigenvalue weighted by molar-refractivity contribution is -0.119. The van der Waals surface area contributed by atoms with Crippen molar-refractivity contribution >= 4 is 17.7 Å². The molecular weight excluding hydrogens is 322 g/mol. The van der Waals surface area contributed by atoms with Crippen LogP contribution in [0.4, 0.5) is 0 Å². The number of methoxy groups -OCH3 is 1. The maximum absolute atomic E-state index is 12.0. The Morgan fingerprint density at radius 1 is 1.08 bits per heavy atom. The lowest BCUT2D eigenvalue weighted by Crippen LogP contribution is -2.37. The molecule has 5 heteroatoms. The molecule has 2 rings (SSSR count). The standard InChI is InChI=1S/C19H23NO3S/c1-14-4-10-18(11-5-14)24-13-19(21)20-15(2)12-23-17-8-6-16(22-3)7-9-17/h4-11,15H,12-13H2,1-3H3,(H,20,21)/t15-/m1/s1. The van der Waals surface area contributed by atoms with Gasteiger partial charge in [-0.3, -0.25) is 4.79 Å². The lowest BCUT2D eigenvalue weighted by atomic mass is 10.2. The summed E-state index contributed by atoms with van der Waals surface area (Å²) >= 11 is 1.53. The summed E-state index contributed by atoms with van der Waals surface area (Å²) in [7, 11) is 1.63. The summed E-state index contributed by atoms with van der Waals surface area (Å²) in [6.07, 6.45) is 0. The monoisotopic (exact) mass is 345 g/mol. The summed E-state index contributed by atoms with van der Waals surface area (Å²) in [5.41, 5.74) is 1.22. The maximum Gasteiger partial charge on any atom is 0.230 e. The number of hydrogen-bond acceptors (Lipinski definition) is 4. The van der Waals surface area contributed by atoms with Gasteiger partial charge in [-0.15, -0.1) is 11.8 Å². The average Bonchev–Trinajstić information content (AvgIpc) is 2.60. The van der Waals surface area contributed by atoms with Crippen molar-refractivity contribution in [3.05, 3.63) is 54.1 Å². The minimum absolute atomic E-state index is 0.00593. The fourth-order valence-corrected chi connectivity index (χ4v) is 2.74. The molecule has 2 aromatic carbocycles. The second kappa shape index (κ2) is 9.23. The summed E-state index contributed by atoms with van der Waals surface area (Å²) < 4.78 is 10.8. The predicted molar refractivity (Wildman–Crippen MR) is 98.0 cm³/mol. The first kappa shape index (κ1) is 18.2. The molecule has 0 radical (unpaired) electrons. The molecule has 128 valence electrons. The number of rotatable bonds is 8. The van der Waals surface area contributed by atoms with Crippen LogP contribution in [-0.4, -0.2) is 31.4 Å². The number of ether oxygens (including phenoxy) is 2. The van der Waals surface area contributed by atoms with Crippen LogP contribution in [0.15, 0.2) is 53.4 Å². The predicted octanol–water partition coefficient (Wildman–Crippen LogP) is 3.68. The molecule has 1 atom stereocenters. The Kier molecular flexibility index (Phi) is 7.00. The van der Waals surface area contributed by atoms with E-state index in [9.17, 15) is 4.79 Å².